The molecule has 2 N–H and O–H groups in total. The highest BCUT2D eigenvalue weighted by atomic mass is 79.9. The number of carbonyl (C=O) groups excluding carboxylic acids is 1. The van der Waals surface area contributed by atoms with Gasteiger partial charge in [0.2, 0.25) is 0 Å². The van der Waals surface area contributed by atoms with Crippen molar-refractivity contribution in [3.8, 4) is 0 Å². The second-order valence-corrected chi connectivity index (χ2v) is 5.21. The van der Waals surface area contributed by atoms with Crippen molar-refractivity contribution in [2.24, 2.45) is 0 Å². The number of nitrogens with one attached hydrogen (secondary N) is 1. The number of hydrogen-bond acceptors (Lipinski definition) is 3. The van der Waals surface area contributed by atoms with E-state index in [1.807, 2.05) is 0 Å². The average molecular weight is 336 g/mol. The van der Waals surface area contributed by atoms with E-state index in [2.05, 4.69) is 26.2 Å². The van der Waals surface area contributed by atoms with Crippen molar-refractivity contribution >= 4 is 39.4 Å². The average Bonchev–Trinajstić information content (AvgIpc) is 2.31. The molecule has 1 rings (SSSR count). The molecular formula is C11H12BrClN2O3. The van der Waals surface area contributed by atoms with E-state index in [1.165, 1.54) is 19.2 Å². The zero-order valence-electron chi connectivity index (χ0n) is 9.83. The number of pyridine rings is 1. The van der Waals surface area contributed by atoms with Gasteiger partial charge in [-0.3, -0.25) is 4.79 Å². The van der Waals surface area contributed by atoms with E-state index in [0.717, 1.165) is 0 Å². The molecule has 0 spiro atoms. The fraction of sp³-hybridized carbons (Fsp3) is 0.364. The highest BCUT2D eigenvalue weighted by molar-refractivity contribution is 9.10. The number of hydrogen-bond donors (Lipinski definition) is 2. The number of halogens is 2. The van der Waals surface area contributed by atoms with Crippen molar-refractivity contribution in [1.82, 2.24) is 10.3 Å². The Bertz CT molecular complexity index is 495. The van der Waals surface area contributed by atoms with Crippen molar-refractivity contribution in [1.29, 1.82) is 0 Å². The van der Waals surface area contributed by atoms with Gasteiger partial charge < -0.3 is 10.4 Å². The number of aromatic nitrogens is 1. The molecule has 0 aliphatic rings. The molecule has 0 saturated heterocycles. The summed E-state index contributed by atoms with van der Waals surface area (Å²) in [4.78, 5) is 26.9. The maximum absolute atomic E-state index is 12.0. The SMILES string of the molecule is CCC(C)(NC(=O)c1cc(Br)cnc1Cl)C(=O)O. The number of aliphatic carboxylic acids is 1. The molecule has 0 bridgehead atoms. The standard InChI is InChI=1S/C11H12BrClN2O3/c1-3-11(2,10(17)18)15-9(16)7-4-6(12)5-14-8(7)13/h4-5H,3H2,1-2H3,(H,15,16)(H,17,18). The number of nitrogens with zero attached hydrogens (tertiary/aromatic N) is 1. The zero-order chi connectivity index (χ0) is 13.9. The van der Waals surface area contributed by atoms with Gasteiger partial charge in [-0.05, 0) is 35.3 Å². The van der Waals surface area contributed by atoms with Crippen LogP contribution >= 0.6 is 27.5 Å². The van der Waals surface area contributed by atoms with Gasteiger partial charge in [0.15, 0.2) is 0 Å². The summed E-state index contributed by atoms with van der Waals surface area (Å²) in [6, 6.07) is 1.49. The third-order valence-corrected chi connectivity index (χ3v) is 3.35. The highest BCUT2D eigenvalue weighted by Crippen LogP contribution is 2.19. The fourth-order valence-corrected chi connectivity index (χ4v) is 1.71. The molecule has 1 atom stereocenters. The lowest BCUT2D eigenvalue weighted by atomic mass is 9.99. The van der Waals surface area contributed by atoms with Crippen molar-refractivity contribution in [2.45, 2.75) is 25.8 Å². The molecule has 1 heterocycles. The smallest absolute Gasteiger partial charge is 0.329 e. The van der Waals surface area contributed by atoms with E-state index in [1.54, 1.807) is 6.92 Å². The number of carbonyl (C=O) groups is 2. The van der Waals surface area contributed by atoms with E-state index in [4.69, 9.17) is 16.7 Å². The molecule has 0 radical (unpaired) electrons. The largest absolute Gasteiger partial charge is 0.480 e. The van der Waals surface area contributed by atoms with Crippen molar-refractivity contribution in [2.75, 3.05) is 0 Å². The summed E-state index contributed by atoms with van der Waals surface area (Å²) in [5.41, 5.74) is -1.20. The van der Waals surface area contributed by atoms with E-state index < -0.39 is 17.4 Å². The Morgan fingerprint density at radius 3 is 2.72 bits per heavy atom. The van der Waals surface area contributed by atoms with Crippen LogP contribution in [0.2, 0.25) is 5.15 Å². The van der Waals surface area contributed by atoms with Crippen molar-refractivity contribution < 1.29 is 14.7 Å². The summed E-state index contributed by atoms with van der Waals surface area (Å²) < 4.78 is 0.588. The minimum absolute atomic E-state index is 0.0274. The third kappa shape index (κ3) is 3.20. The molecule has 7 heteroatoms. The molecule has 1 aromatic heterocycles. The van der Waals surface area contributed by atoms with E-state index in [0.29, 0.717) is 4.47 Å². The van der Waals surface area contributed by atoms with Crippen molar-refractivity contribution in [3.63, 3.8) is 0 Å². The van der Waals surface area contributed by atoms with Gasteiger partial charge in [0.1, 0.15) is 10.7 Å². The van der Waals surface area contributed by atoms with Gasteiger partial charge in [-0.15, -0.1) is 0 Å². The molecule has 0 aliphatic heterocycles. The lowest BCUT2D eigenvalue weighted by molar-refractivity contribution is -0.143. The Hall–Kier alpha value is -1.14. The van der Waals surface area contributed by atoms with Gasteiger partial charge in [-0.25, -0.2) is 9.78 Å². The van der Waals surface area contributed by atoms with Gasteiger partial charge in [0, 0.05) is 10.7 Å². The van der Waals surface area contributed by atoms with Gasteiger partial charge in [0.25, 0.3) is 5.91 Å². The summed E-state index contributed by atoms with van der Waals surface area (Å²) in [6.45, 7) is 3.11. The molecular weight excluding hydrogens is 323 g/mol. The van der Waals surface area contributed by atoms with Crippen molar-refractivity contribution in [3.05, 3.63) is 27.5 Å². The number of amides is 1. The minimum Gasteiger partial charge on any atom is -0.480 e. The summed E-state index contributed by atoms with van der Waals surface area (Å²) in [5.74, 6) is -1.67. The van der Waals surface area contributed by atoms with Crippen LogP contribution in [0.1, 0.15) is 30.6 Å². The normalized spacial score (nSPS) is 13.8. The summed E-state index contributed by atoms with van der Waals surface area (Å²) >= 11 is 8.98. The predicted molar refractivity (Wildman–Crippen MR) is 70.7 cm³/mol. The summed E-state index contributed by atoms with van der Waals surface area (Å²) in [6.07, 6.45) is 1.71. The number of carboxylic acids is 1. The van der Waals surface area contributed by atoms with Crippen LogP contribution in [0.5, 0.6) is 0 Å². The van der Waals surface area contributed by atoms with Crippen LogP contribution in [0.15, 0.2) is 16.7 Å². The highest BCUT2D eigenvalue weighted by Gasteiger charge is 2.33. The zero-order valence-corrected chi connectivity index (χ0v) is 12.2. The first-order valence-corrected chi connectivity index (χ1v) is 6.34. The first kappa shape index (κ1) is 14.9. The molecule has 0 aliphatic carbocycles. The first-order chi connectivity index (χ1) is 8.30. The topological polar surface area (TPSA) is 79.3 Å². The molecule has 98 valence electrons. The van der Waals surface area contributed by atoms with Crippen LogP contribution in [0, 0.1) is 0 Å². The maximum atomic E-state index is 12.0. The number of rotatable bonds is 4. The second kappa shape index (κ2) is 5.67. The molecule has 1 unspecified atom stereocenters. The Morgan fingerprint density at radius 2 is 2.22 bits per heavy atom. The number of carboxylic acid groups (broad SMARTS) is 1. The molecule has 0 aromatic carbocycles. The molecule has 1 aromatic rings. The monoisotopic (exact) mass is 334 g/mol. The predicted octanol–water partition coefficient (Wildman–Crippen LogP) is 2.48. The lowest BCUT2D eigenvalue weighted by Gasteiger charge is -2.24. The molecule has 1 amide bonds. The van der Waals surface area contributed by atoms with Crippen LogP contribution in [-0.4, -0.2) is 27.5 Å². The van der Waals surface area contributed by atoms with Gasteiger partial charge >= 0.3 is 5.97 Å². The van der Waals surface area contributed by atoms with Crippen LogP contribution in [0.25, 0.3) is 0 Å². The second-order valence-electron chi connectivity index (χ2n) is 3.94. The Balaban J connectivity index is 3.02. The van der Waals surface area contributed by atoms with Crippen LogP contribution in [0.4, 0.5) is 0 Å². The Labute approximate surface area is 118 Å². The molecule has 18 heavy (non-hydrogen) atoms. The van der Waals surface area contributed by atoms with E-state index in [9.17, 15) is 9.59 Å². The van der Waals surface area contributed by atoms with Gasteiger partial charge in [-0.1, -0.05) is 18.5 Å². The fourth-order valence-electron chi connectivity index (χ4n) is 1.19. The van der Waals surface area contributed by atoms with Gasteiger partial charge in [-0.2, -0.15) is 0 Å². The van der Waals surface area contributed by atoms with Crippen LogP contribution in [0.3, 0.4) is 0 Å². The summed E-state index contributed by atoms with van der Waals surface area (Å²) in [5, 5.41) is 11.6. The van der Waals surface area contributed by atoms with Crippen LogP contribution in [-0.2, 0) is 4.79 Å². The van der Waals surface area contributed by atoms with Crippen LogP contribution < -0.4 is 5.32 Å². The quantitative estimate of drug-likeness (QED) is 0.829. The Morgan fingerprint density at radius 1 is 1.61 bits per heavy atom. The molecule has 5 nitrogen and oxygen atoms in total. The first-order valence-electron chi connectivity index (χ1n) is 5.17. The van der Waals surface area contributed by atoms with E-state index in [-0.39, 0.29) is 17.1 Å². The maximum Gasteiger partial charge on any atom is 0.329 e. The minimum atomic E-state index is -1.33. The lowest BCUT2D eigenvalue weighted by Crippen LogP contribution is -2.51. The van der Waals surface area contributed by atoms with Gasteiger partial charge in [0.05, 0.1) is 5.56 Å². The molecule has 0 saturated carbocycles. The molecule has 0 fully saturated rings. The summed E-state index contributed by atoms with van der Waals surface area (Å²) in [7, 11) is 0. The Kier molecular flexibility index (Phi) is 4.70. The van der Waals surface area contributed by atoms with E-state index >= 15 is 0 Å². The third-order valence-electron chi connectivity index (χ3n) is 2.62.